The molecule has 6 rings (SSSR count). The summed E-state index contributed by atoms with van der Waals surface area (Å²) in [4.78, 5) is 31.6. The van der Waals surface area contributed by atoms with Crippen molar-refractivity contribution in [1.29, 1.82) is 0 Å². The number of hydrogen-bond acceptors (Lipinski definition) is 4. The number of ether oxygens (including phenoxy) is 1. The van der Waals surface area contributed by atoms with E-state index in [0.717, 1.165) is 39.8 Å². The van der Waals surface area contributed by atoms with E-state index in [1.54, 1.807) is 12.1 Å². The number of benzene rings is 3. The molecule has 2 aliphatic rings. The van der Waals surface area contributed by atoms with Gasteiger partial charge in [0, 0.05) is 40.3 Å². The van der Waals surface area contributed by atoms with Crippen molar-refractivity contribution in [3.8, 4) is 5.75 Å². The Balaban J connectivity index is 1.61. The summed E-state index contributed by atoms with van der Waals surface area (Å²) >= 11 is 0. The zero-order valence-electron chi connectivity index (χ0n) is 18.5. The highest BCUT2D eigenvalue weighted by Gasteiger charge is 2.48. The summed E-state index contributed by atoms with van der Waals surface area (Å²) in [6, 6.07) is 19.8. The quantitative estimate of drug-likeness (QED) is 0.260. The van der Waals surface area contributed by atoms with Crippen molar-refractivity contribution in [2.75, 3.05) is 11.5 Å². The molecule has 3 heterocycles. The number of anilines is 1. The molecule has 0 bridgehead atoms. The zero-order valence-corrected chi connectivity index (χ0v) is 18.5. The number of nitrogens with zero attached hydrogens (tertiary/aromatic N) is 1. The standard InChI is InChI=1S/C28H22N2O4/c1-16-6-2-5-9-22(16)30-25(20-15-29-21-8-4-3-7-19(20)21)24(27(32)28(30)33)26(31)18-10-11-23-17(14-18)12-13-34-23/h2-11,14-15,25,29,31H,12-13H2,1H3/b26-24+. The molecule has 1 fully saturated rings. The molecular weight excluding hydrogens is 428 g/mol. The molecule has 0 radical (unpaired) electrons. The molecule has 1 amide bonds. The number of hydrogen-bond donors (Lipinski definition) is 2. The van der Waals surface area contributed by atoms with Crippen LogP contribution >= 0.6 is 0 Å². The highest BCUT2D eigenvalue weighted by molar-refractivity contribution is 6.52. The third-order valence-corrected chi connectivity index (χ3v) is 6.70. The fraction of sp³-hybridized carbons (Fsp3) is 0.143. The van der Waals surface area contributed by atoms with Gasteiger partial charge in [-0.3, -0.25) is 14.5 Å². The third kappa shape index (κ3) is 2.95. The van der Waals surface area contributed by atoms with E-state index in [2.05, 4.69) is 4.98 Å². The number of aromatic amines is 1. The number of aryl methyl sites for hydroxylation is 1. The Labute approximate surface area is 196 Å². The molecule has 1 unspecified atom stereocenters. The first-order valence-corrected chi connectivity index (χ1v) is 11.2. The van der Waals surface area contributed by atoms with Gasteiger partial charge in [0.05, 0.1) is 18.2 Å². The molecule has 168 valence electrons. The molecule has 2 N–H and O–H groups in total. The number of nitrogens with one attached hydrogen (secondary N) is 1. The SMILES string of the molecule is Cc1ccccc1N1C(=O)C(=O)/C(=C(/O)c2ccc3c(c2)CCO3)C1c1c[nH]c2ccccc12. The van der Waals surface area contributed by atoms with Crippen LogP contribution in [0.3, 0.4) is 0 Å². The van der Waals surface area contributed by atoms with Crippen LogP contribution in [0, 0.1) is 6.92 Å². The number of Topliss-reactive ketones (excluding diaryl/α,β-unsaturated/α-hetero) is 1. The minimum Gasteiger partial charge on any atom is -0.507 e. The second-order valence-electron chi connectivity index (χ2n) is 8.67. The largest absolute Gasteiger partial charge is 0.507 e. The van der Waals surface area contributed by atoms with Crippen LogP contribution in [0.15, 0.2) is 78.5 Å². The van der Waals surface area contributed by atoms with E-state index in [-0.39, 0.29) is 11.3 Å². The fourth-order valence-corrected chi connectivity index (χ4v) is 5.02. The predicted molar refractivity (Wildman–Crippen MR) is 130 cm³/mol. The van der Waals surface area contributed by atoms with E-state index in [9.17, 15) is 14.7 Å². The lowest BCUT2D eigenvalue weighted by molar-refractivity contribution is -0.132. The first-order valence-electron chi connectivity index (χ1n) is 11.2. The lowest BCUT2D eigenvalue weighted by Crippen LogP contribution is -2.30. The van der Waals surface area contributed by atoms with Gasteiger partial charge < -0.3 is 14.8 Å². The van der Waals surface area contributed by atoms with E-state index in [1.807, 2.05) is 67.7 Å². The van der Waals surface area contributed by atoms with Gasteiger partial charge in [0.1, 0.15) is 11.5 Å². The summed E-state index contributed by atoms with van der Waals surface area (Å²) in [5.41, 5.74) is 4.70. The van der Waals surface area contributed by atoms with Crippen LogP contribution in [-0.2, 0) is 16.0 Å². The molecule has 0 aliphatic carbocycles. The Hall–Kier alpha value is -4.32. The highest BCUT2D eigenvalue weighted by Crippen LogP contribution is 2.45. The van der Waals surface area contributed by atoms with Gasteiger partial charge in [-0.05, 0) is 48.4 Å². The molecular formula is C28H22N2O4. The van der Waals surface area contributed by atoms with E-state index < -0.39 is 17.7 Å². The number of aliphatic hydroxyl groups is 1. The first kappa shape index (κ1) is 20.3. The number of para-hydroxylation sites is 2. The van der Waals surface area contributed by atoms with Crippen molar-refractivity contribution in [2.45, 2.75) is 19.4 Å². The zero-order chi connectivity index (χ0) is 23.4. The summed E-state index contributed by atoms with van der Waals surface area (Å²) in [6.07, 6.45) is 2.55. The van der Waals surface area contributed by atoms with Crippen LogP contribution in [0.4, 0.5) is 5.69 Å². The van der Waals surface area contributed by atoms with Gasteiger partial charge >= 0.3 is 0 Å². The Bertz CT molecular complexity index is 1510. The molecule has 34 heavy (non-hydrogen) atoms. The van der Waals surface area contributed by atoms with Crippen molar-refractivity contribution >= 4 is 34.0 Å². The van der Waals surface area contributed by atoms with Crippen molar-refractivity contribution in [3.63, 3.8) is 0 Å². The Morgan fingerprint density at radius 1 is 1.06 bits per heavy atom. The van der Waals surface area contributed by atoms with Gasteiger partial charge in [-0.25, -0.2) is 0 Å². The maximum absolute atomic E-state index is 13.4. The van der Waals surface area contributed by atoms with Crippen LogP contribution in [0.2, 0.25) is 0 Å². The summed E-state index contributed by atoms with van der Waals surface area (Å²) in [6.45, 7) is 2.49. The molecule has 1 aromatic heterocycles. The van der Waals surface area contributed by atoms with E-state index in [4.69, 9.17) is 4.74 Å². The summed E-state index contributed by atoms with van der Waals surface area (Å²) in [7, 11) is 0. The first-order chi connectivity index (χ1) is 16.5. The number of amides is 1. The maximum atomic E-state index is 13.4. The smallest absolute Gasteiger partial charge is 0.300 e. The second kappa shape index (κ2) is 7.63. The average molecular weight is 450 g/mol. The highest BCUT2D eigenvalue weighted by atomic mass is 16.5. The molecule has 1 atom stereocenters. The number of H-pyrrole nitrogens is 1. The van der Waals surface area contributed by atoms with Gasteiger partial charge in [-0.15, -0.1) is 0 Å². The summed E-state index contributed by atoms with van der Waals surface area (Å²) in [5, 5.41) is 12.3. The predicted octanol–water partition coefficient (Wildman–Crippen LogP) is 5.04. The number of rotatable bonds is 3. The van der Waals surface area contributed by atoms with Gasteiger partial charge in [0.15, 0.2) is 0 Å². The van der Waals surface area contributed by atoms with E-state index >= 15 is 0 Å². The molecule has 3 aromatic carbocycles. The minimum absolute atomic E-state index is 0.0804. The number of carbonyl (C=O) groups excluding carboxylic acids is 2. The monoisotopic (exact) mass is 450 g/mol. The maximum Gasteiger partial charge on any atom is 0.300 e. The van der Waals surface area contributed by atoms with Gasteiger partial charge in [-0.1, -0.05) is 36.4 Å². The molecule has 1 saturated heterocycles. The van der Waals surface area contributed by atoms with E-state index in [1.165, 1.54) is 4.90 Å². The number of carbonyl (C=O) groups is 2. The minimum atomic E-state index is -0.776. The van der Waals surface area contributed by atoms with Crippen molar-refractivity contribution in [1.82, 2.24) is 4.98 Å². The fourth-order valence-electron chi connectivity index (χ4n) is 5.02. The number of ketones is 1. The van der Waals surface area contributed by atoms with Crippen molar-refractivity contribution in [2.24, 2.45) is 0 Å². The Kier molecular flexibility index (Phi) is 4.55. The average Bonchev–Trinajstić information content (AvgIpc) is 3.55. The van der Waals surface area contributed by atoms with Crippen LogP contribution in [-0.4, -0.2) is 28.4 Å². The Morgan fingerprint density at radius 3 is 2.71 bits per heavy atom. The number of fused-ring (bicyclic) bond motifs is 2. The molecule has 6 heteroatoms. The third-order valence-electron chi connectivity index (χ3n) is 6.70. The molecule has 4 aromatic rings. The Morgan fingerprint density at radius 2 is 1.85 bits per heavy atom. The van der Waals surface area contributed by atoms with Crippen LogP contribution in [0.1, 0.15) is 28.3 Å². The van der Waals surface area contributed by atoms with Crippen LogP contribution in [0.25, 0.3) is 16.7 Å². The number of aromatic nitrogens is 1. The van der Waals surface area contributed by atoms with Crippen molar-refractivity contribution in [3.05, 3.63) is 101 Å². The molecule has 6 nitrogen and oxygen atoms in total. The second-order valence-corrected chi connectivity index (χ2v) is 8.67. The summed E-state index contributed by atoms with van der Waals surface area (Å²) < 4.78 is 5.58. The van der Waals surface area contributed by atoms with E-state index in [0.29, 0.717) is 17.9 Å². The van der Waals surface area contributed by atoms with Gasteiger partial charge in [0.25, 0.3) is 11.7 Å². The van der Waals surface area contributed by atoms with Crippen LogP contribution in [0.5, 0.6) is 5.75 Å². The summed E-state index contributed by atoms with van der Waals surface area (Å²) in [5.74, 6) is -0.757. The van der Waals surface area contributed by atoms with Crippen molar-refractivity contribution < 1.29 is 19.4 Å². The molecule has 2 aliphatic heterocycles. The molecule has 0 saturated carbocycles. The molecule has 0 spiro atoms. The lowest BCUT2D eigenvalue weighted by Gasteiger charge is -2.26. The van der Waals surface area contributed by atoms with Gasteiger partial charge in [-0.2, -0.15) is 0 Å². The van der Waals surface area contributed by atoms with Gasteiger partial charge in [0.2, 0.25) is 0 Å². The van der Waals surface area contributed by atoms with Crippen LogP contribution < -0.4 is 9.64 Å². The lowest BCUT2D eigenvalue weighted by atomic mass is 9.94. The number of aliphatic hydroxyl groups excluding tert-OH is 1. The topological polar surface area (TPSA) is 82.6 Å². The normalized spacial score (nSPS) is 19.0.